The smallest absolute Gasteiger partial charge is 0.369 e. The van der Waals surface area contributed by atoms with Crippen LogP contribution in [0.5, 0.6) is 0 Å². The second-order valence-electron chi connectivity index (χ2n) is 12.4. The van der Waals surface area contributed by atoms with Crippen molar-refractivity contribution in [3.05, 3.63) is 118 Å². The third kappa shape index (κ3) is 5.72. The Hall–Kier alpha value is -5.03. The van der Waals surface area contributed by atoms with E-state index in [-0.39, 0.29) is 5.56 Å². The molecule has 48 heavy (non-hydrogen) atoms. The highest BCUT2D eigenvalue weighted by Gasteiger charge is 2.49. The molecular formula is C37H35F3N6O2. The molecule has 0 spiro atoms. The highest BCUT2D eigenvalue weighted by Crippen LogP contribution is 2.51. The Morgan fingerprint density at radius 3 is 2.19 bits per heavy atom. The van der Waals surface area contributed by atoms with Crippen LogP contribution in [0.2, 0.25) is 0 Å². The van der Waals surface area contributed by atoms with Crippen LogP contribution < -0.4 is 15.8 Å². The molecule has 0 unspecified atom stereocenters. The van der Waals surface area contributed by atoms with Gasteiger partial charge in [-0.3, -0.25) is 14.5 Å². The minimum atomic E-state index is -4.51. The number of fused-ring (bicyclic) bond motifs is 4. The van der Waals surface area contributed by atoms with Crippen LogP contribution in [-0.4, -0.2) is 71.0 Å². The van der Waals surface area contributed by atoms with Gasteiger partial charge in [0.25, 0.3) is 5.56 Å². The Bertz CT molecular complexity index is 1990. The van der Waals surface area contributed by atoms with Crippen molar-refractivity contribution >= 4 is 22.4 Å². The second kappa shape index (κ2) is 12.5. The number of hydrogen-bond donors (Lipinski definition) is 1. The molecule has 0 atom stereocenters. The van der Waals surface area contributed by atoms with Crippen molar-refractivity contribution in [2.75, 3.05) is 44.2 Å². The first-order valence-electron chi connectivity index (χ1n) is 16.1. The minimum Gasteiger partial charge on any atom is -0.369 e. The fraction of sp³-hybridized carbons (Fsp3) is 0.297. The normalized spacial score (nSPS) is 15.7. The maximum Gasteiger partial charge on any atom is 0.405 e. The molecule has 2 aromatic heterocycles. The van der Waals surface area contributed by atoms with E-state index in [1.807, 2.05) is 79.7 Å². The van der Waals surface area contributed by atoms with Gasteiger partial charge < -0.3 is 10.2 Å². The largest absolute Gasteiger partial charge is 0.405 e. The number of pyridine rings is 1. The lowest BCUT2D eigenvalue weighted by Gasteiger charge is -2.37. The quantitative estimate of drug-likeness (QED) is 0.234. The monoisotopic (exact) mass is 652 g/mol. The van der Waals surface area contributed by atoms with E-state index < -0.39 is 24.0 Å². The van der Waals surface area contributed by atoms with Gasteiger partial charge in [-0.25, -0.2) is 4.98 Å². The van der Waals surface area contributed by atoms with Crippen LogP contribution in [0.15, 0.2) is 95.9 Å². The predicted molar refractivity (Wildman–Crippen MR) is 179 cm³/mol. The average molecular weight is 653 g/mol. The van der Waals surface area contributed by atoms with Crippen LogP contribution in [0.4, 0.5) is 18.9 Å². The first-order chi connectivity index (χ1) is 23.2. The average Bonchev–Trinajstić information content (AvgIpc) is 3.39. The highest BCUT2D eigenvalue weighted by atomic mass is 19.4. The number of carbonyl (C=O) groups excluding carboxylic acids is 1. The van der Waals surface area contributed by atoms with Crippen LogP contribution >= 0.6 is 0 Å². The van der Waals surface area contributed by atoms with Gasteiger partial charge in [0.2, 0.25) is 5.91 Å². The molecular weight excluding hydrogens is 617 g/mol. The topological polar surface area (TPSA) is 83.4 Å². The molecule has 3 aromatic carbocycles. The number of piperazine rings is 1. The Kier molecular flexibility index (Phi) is 8.24. The maximum atomic E-state index is 13.8. The lowest BCUT2D eigenvalue weighted by atomic mass is 9.73. The van der Waals surface area contributed by atoms with Crippen LogP contribution in [0.1, 0.15) is 29.7 Å². The Morgan fingerprint density at radius 2 is 1.54 bits per heavy atom. The molecule has 1 amide bonds. The van der Waals surface area contributed by atoms with Gasteiger partial charge in [-0.2, -0.15) is 23.0 Å². The van der Waals surface area contributed by atoms with E-state index in [0.717, 1.165) is 65.2 Å². The summed E-state index contributed by atoms with van der Waals surface area (Å²) in [6, 6.07) is 26.3. The zero-order chi connectivity index (χ0) is 33.5. The number of carbonyl (C=O) groups is 1. The molecule has 0 bridgehead atoms. The fourth-order valence-electron chi connectivity index (χ4n) is 7.30. The number of nitrogens with one attached hydrogen (secondary N) is 1. The van der Waals surface area contributed by atoms with Crippen molar-refractivity contribution in [2.24, 2.45) is 0 Å². The predicted octanol–water partition coefficient (Wildman–Crippen LogP) is 5.64. The van der Waals surface area contributed by atoms with Crippen LogP contribution in [0.3, 0.4) is 0 Å². The number of aromatic nitrogens is 3. The molecule has 5 aromatic rings. The molecule has 1 aliphatic heterocycles. The van der Waals surface area contributed by atoms with E-state index in [0.29, 0.717) is 30.6 Å². The molecule has 246 valence electrons. The molecule has 1 fully saturated rings. The van der Waals surface area contributed by atoms with Gasteiger partial charge in [0.05, 0.1) is 11.1 Å². The van der Waals surface area contributed by atoms with Gasteiger partial charge in [-0.15, -0.1) is 0 Å². The molecule has 1 aliphatic carbocycles. The van der Waals surface area contributed by atoms with Crippen molar-refractivity contribution in [3.8, 4) is 16.9 Å². The van der Waals surface area contributed by atoms with E-state index in [4.69, 9.17) is 0 Å². The summed E-state index contributed by atoms with van der Waals surface area (Å²) < 4.78 is 41.0. The highest BCUT2D eigenvalue weighted by molar-refractivity contribution is 6.00. The van der Waals surface area contributed by atoms with Crippen molar-refractivity contribution in [1.82, 2.24) is 25.0 Å². The van der Waals surface area contributed by atoms with Crippen LogP contribution in [0.25, 0.3) is 27.7 Å². The number of nitrogens with zero attached hydrogens (tertiary/aromatic N) is 5. The number of hydrogen-bond acceptors (Lipinski definition) is 6. The Labute approximate surface area is 275 Å². The number of anilines is 1. The van der Waals surface area contributed by atoms with Crippen molar-refractivity contribution < 1.29 is 18.0 Å². The summed E-state index contributed by atoms with van der Waals surface area (Å²) in [6.45, 7) is 4.23. The van der Waals surface area contributed by atoms with Crippen molar-refractivity contribution in [2.45, 2.75) is 31.4 Å². The molecule has 0 saturated carbocycles. The fourth-order valence-corrected chi connectivity index (χ4v) is 7.30. The molecule has 11 heteroatoms. The Balaban J connectivity index is 1.06. The van der Waals surface area contributed by atoms with E-state index >= 15 is 0 Å². The second-order valence-corrected chi connectivity index (χ2v) is 12.4. The van der Waals surface area contributed by atoms with Gasteiger partial charge in [0.1, 0.15) is 12.0 Å². The molecule has 8 nitrogen and oxygen atoms in total. The third-order valence-corrected chi connectivity index (χ3v) is 9.60. The third-order valence-electron chi connectivity index (χ3n) is 9.60. The molecule has 0 radical (unpaired) electrons. The SMILES string of the molecule is Cc1nn(-c2ccccn2)c(=O)c2cc(N3CCN(CCCC4(C(=O)NCC(F)(F)F)c5ccccc5-c5ccccc54)CC3)ccc12. The lowest BCUT2D eigenvalue weighted by molar-refractivity contribution is -0.141. The van der Waals surface area contributed by atoms with Gasteiger partial charge in [-0.05, 0) is 72.8 Å². The molecule has 2 aliphatic rings. The van der Waals surface area contributed by atoms with Crippen molar-refractivity contribution in [1.29, 1.82) is 0 Å². The standard InChI is InChI=1S/C37H35F3N6O2/c1-25-27-15-14-26(23-30(27)34(47)46(43-25)33-13-6-7-17-41-33)45-21-19-44(20-22-45)18-8-16-36(35(48)42-24-37(38,39)40)31-11-4-2-9-28(31)29-10-3-5-12-32(29)36/h2-7,9-15,17,23H,8,16,18-22,24H2,1H3,(H,42,48). The molecule has 7 rings (SSSR count). The van der Waals surface area contributed by atoms with E-state index in [9.17, 15) is 22.8 Å². The molecule has 1 saturated heterocycles. The number of benzene rings is 3. The number of halogens is 3. The summed E-state index contributed by atoms with van der Waals surface area (Å²) in [6.07, 6.45) is -1.87. The summed E-state index contributed by atoms with van der Waals surface area (Å²) in [7, 11) is 0. The lowest BCUT2D eigenvalue weighted by Crippen LogP contribution is -2.48. The Morgan fingerprint density at radius 1 is 0.875 bits per heavy atom. The number of amides is 1. The zero-order valence-corrected chi connectivity index (χ0v) is 26.5. The zero-order valence-electron chi connectivity index (χ0n) is 26.5. The van der Waals surface area contributed by atoms with Crippen LogP contribution in [-0.2, 0) is 10.2 Å². The van der Waals surface area contributed by atoms with E-state index in [2.05, 4.69) is 25.2 Å². The molecule has 3 heterocycles. The number of aryl methyl sites for hydroxylation is 1. The van der Waals surface area contributed by atoms with Crippen LogP contribution in [0, 0.1) is 6.92 Å². The maximum absolute atomic E-state index is 13.8. The van der Waals surface area contributed by atoms with Gasteiger partial charge in [-0.1, -0.05) is 60.7 Å². The molecule has 1 N–H and O–H groups in total. The summed E-state index contributed by atoms with van der Waals surface area (Å²) in [5.41, 5.74) is 3.53. The van der Waals surface area contributed by atoms with E-state index in [1.165, 1.54) is 4.68 Å². The number of rotatable bonds is 8. The van der Waals surface area contributed by atoms with Gasteiger partial charge in [0, 0.05) is 43.4 Å². The first kappa shape index (κ1) is 31.6. The number of alkyl halides is 3. The summed E-state index contributed by atoms with van der Waals surface area (Å²) in [5.74, 6) is -0.151. The van der Waals surface area contributed by atoms with Gasteiger partial charge >= 0.3 is 6.18 Å². The summed E-state index contributed by atoms with van der Waals surface area (Å²) >= 11 is 0. The summed E-state index contributed by atoms with van der Waals surface area (Å²) in [4.78, 5) is 36.1. The first-order valence-corrected chi connectivity index (χ1v) is 16.1. The summed E-state index contributed by atoms with van der Waals surface area (Å²) in [5, 5.41) is 8.09. The van der Waals surface area contributed by atoms with Gasteiger partial charge in [0.15, 0.2) is 5.82 Å². The van der Waals surface area contributed by atoms with E-state index in [1.54, 1.807) is 18.3 Å². The minimum absolute atomic E-state index is 0.224. The van der Waals surface area contributed by atoms with Crippen molar-refractivity contribution in [3.63, 3.8) is 0 Å².